The van der Waals surface area contributed by atoms with Gasteiger partial charge in [-0.05, 0) is 47.2 Å². The molecule has 104 valence electrons. The number of hydrogen-bond acceptors (Lipinski definition) is 2. The fraction of sp³-hybridized carbons (Fsp3) is 0.533. The van der Waals surface area contributed by atoms with E-state index in [-0.39, 0.29) is 5.76 Å². The lowest BCUT2D eigenvalue weighted by Crippen LogP contribution is -2.14. The summed E-state index contributed by atoms with van der Waals surface area (Å²) in [7, 11) is 0. The standard InChI is InChI=1S/C15H20INO2/c1-2-3-4-5-6-7-10-17-13-9-8-12(16)11-14(13)19-15(17)18/h8-9,11H,2-7,10H2,1H3. The molecule has 0 N–H and O–H groups in total. The zero-order valence-electron chi connectivity index (χ0n) is 11.3. The molecular weight excluding hydrogens is 353 g/mol. The Hall–Kier alpha value is -0.780. The summed E-state index contributed by atoms with van der Waals surface area (Å²) >= 11 is 2.23. The maximum absolute atomic E-state index is 11.8. The molecule has 2 aromatic rings. The lowest BCUT2D eigenvalue weighted by Gasteiger charge is -2.02. The molecule has 0 aliphatic rings. The van der Waals surface area contributed by atoms with Crippen molar-refractivity contribution in [3.8, 4) is 0 Å². The molecule has 1 aromatic heterocycles. The summed E-state index contributed by atoms with van der Waals surface area (Å²) in [6.45, 7) is 2.98. The molecule has 0 bridgehead atoms. The van der Waals surface area contributed by atoms with Gasteiger partial charge in [-0.2, -0.15) is 0 Å². The largest absolute Gasteiger partial charge is 0.419 e. The van der Waals surface area contributed by atoms with Gasteiger partial charge in [0.2, 0.25) is 0 Å². The van der Waals surface area contributed by atoms with Gasteiger partial charge in [-0.1, -0.05) is 39.0 Å². The summed E-state index contributed by atoms with van der Waals surface area (Å²) < 4.78 is 8.12. The Morgan fingerprint density at radius 1 is 1.16 bits per heavy atom. The van der Waals surface area contributed by atoms with Gasteiger partial charge in [-0.15, -0.1) is 0 Å². The molecule has 0 saturated heterocycles. The number of aryl methyl sites for hydroxylation is 1. The summed E-state index contributed by atoms with van der Waals surface area (Å²) in [5.74, 6) is -0.231. The van der Waals surface area contributed by atoms with Crippen LogP contribution in [0.3, 0.4) is 0 Å². The van der Waals surface area contributed by atoms with E-state index < -0.39 is 0 Å². The van der Waals surface area contributed by atoms with Crippen molar-refractivity contribution in [1.29, 1.82) is 0 Å². The lowest BCUT2D eigenvalue weighted by molar-refractivity contribution is 0.485. The number of rotatable bonds is 7. The van der Waals surface area contributed by atoms with Crippen LogP contribution < -0.4 is 5.76 Å². The normalized spacial score (nSPS) is 11.3. The average molecular weight is 373 g/mol. The zero-order valence-corrected chi connectivity index (χ0v) is 13.5. The summed E-state index contributed by atoms with van der Waals surface area (Å²) in [5.41, 5.74) is 1.61. The minimum atomic E-state index is -0.231. The van der Waals surface area contributed by atoms with Crippen molar-refractivity contribution < 1.29 is 4.42 Å². The van der Waals surface area contributed by atoms with E-state index in [9.17, 15) is 4.79 Å². The monoisotopic (exact) mass is 373 g/mol. The van der Waals surface area contributed by atoms with Gasteiger partial charge in [0.1, 0.15) is 0 Å². The van der Waals surface area contributed by atoms with E-state index in [2.05, 4.69) is 29.5 Å². The van der Waals surface area contributed by atoms with Crippen LogP contribution >= 0.6 is 22.6 Å². The van der Waals surface area contributed by atoms with E-state index in [0.29, 0.717) is 5.58 Å². The van der Waals surface area contributed by atoms with Crippen LogP contribution in [0, 0.1) is 3.57 Å². The highest BCUT2D eigenvalue weighted by atomic mass is 127. The molecule has 1 heterocycles. The van der Waals surface area contributed by atoms with Crippen molar-refractivity contribution in [2.75, 3.05) is 0 Å². The first kappa shape index (κ1) is 14.6. The molecule has 0 unspecified atom stereocenters. The molecule has 19 heavy (non-hydrogen) atoms. The van der Waals surface area contributed by atoms with Crippen molar-refractivity contribution in [3.63, 3.8) is 0 Å². The number of oxazole rings is 1. The second-order valence-electron chi connectivity index (χ2n) is 4.90. The Bertz CT molecular complexity index is 585. The first-order chi connectivity index (χ1) is 9.22. The van der Waals surface area contributed by atoms with Crippen LogP contribution in [0.4, 0.5) is 0 Å². The first-order valence-corrected chi connectivity index (χ1v) is 8.09. The number of halogens is 1. The smallest absolute Gasteiger partial charge is 0.408 e. The Balaban J connectivity index is 1.97. The van der Waals surface area contributed by atoms with Crippen LogP contribution in [0.5, 0.6) is 0 Å². The van der Waals surface area contributed by atoms with Crippen LogP contribution in [0.1, 0.15) is 45.4 Å². The van der Waals surface area contributed by atoms with Crippen LogP contribution in [-0.4, -0.2) is 4.57 Å². The Morgan fingerprint density at radius 2 is 1.89 bits per heavy atom. The van der Waals surface area contributed by atoms with Gasteiger partial charge in [0.05, 0.1) is 5.52 Å². The molecule has 0 aliphatic heterocycles. The SMILES string of the molecule is CCCCCCCCn1c(=O)oc2cc(I)ccc21. The highest BCUT2D eigenvalue weighted by Crippen LogP contribution is 2.17. The lowest BCUT2D eigenvalue weighted by atomic mass is 10.1. The minimum absolute atomic E-state index is 0.231. The van der Waals surface area contributed by atoms with Gasteiger partial charge in [-0.3, -0.25) is 4.57 Å². The summed E-state index contributed by atoms with van der Waals surface area (Å²) in [4.78, 5) is 11.8. The van der Waals surface area contributed by atoms with Crippen molar-refractivity contribution in [2.24, 2.45) is 0 Å². The summed E-state index contributed by atoms with van der Waals surface area (Å²) in [6, 6.07) is 5.89. The van der Waals surface area contributed by atoms with E-state index in [1.165, 1.54) is 32.1 Å². The van der Waals surface area contributed by atoms with Crippen LogP contribution in [0.15, 0.2) is 27.4 Å². The molecular formula is C15H20INO2. The molecule has 4 heteroatoms. The highest BCUT2D eigenvalue weighted by Gasteiger charge is 2.08. The topological polar surface area (TPSA) is 35.1 Å². The minimum Gasteiger partial charge on any atom is -0.408 e. The molecule has 0 atom stereocenters. The first-order valence-electron chi connectivity index (χ1n) is 7.01. The van der Waals surface area contributed by atoms with Crippen molar-refractivity contribution in [2.45, 2.75) is 52.0 Å². The predicted octanol–water partition coefficient (Wildman–Crippen LogP) is 4.56. The third kappa shape index (κ3) is 3.84. The maximum atomic E-state index is 11.8. The fourth-order valence-corrected chi connectivity index (χ4v) is 2.76. The molecule has 0 aliphatic carbocycles. The third-order valence-electron chi connectivity index (χ3n) is 3.37. The van der Waals surface area contributed by atoms with Gasteiger partial charge < -0.3 is 4.42 Å². The van der Waals surface area contributed by atoms with E-state index in [4.69, 9.17) is 4.42 Å². The van der Waals surface area contributed by atoms with Gasteiger partial charge in [0.25, 0.3) is 0 Å². The van der Waals surface area contributed by atoms with Crippen molar-refractivity contribution >= 4 is 33.7 Å². The molecule has 0 radical (unpaired) electrons. The quantitative estimate of drug-likeness (QED) is 0.527. The number of hydrogen-bond donors (Lipinski definition) is 0. The van der Waals surface area contributed by atoms with Crippen LogP contribution in [0.2, 0.25) is 0 Å². The molecule has 1 aromatic carbocycles. The Morgan fingerprint density at radius 3 is 2.68 bits per heavy atom. The number of benzene rings is 1. The maximum Gasteiger partial charge on any atom is 0.419 e. The van der Waals surface area contributed by atoms with Gasteiger partial charge in [0.15, 0.2) is 5.58 Å². The van der Waals surface area contributed by atoms with Gasteiger partial charge in [0, 0.05) is 10.1 Å². The Labute approximate surface area is 127 Å². The molecule has 0 amide bonds. The molecule has 0 spiro atoms. The molecule has 0 fully saturated rings. The average Bonchev–Trinajstić information content (AvgIpc) is 2.69. The van der Waals surface area contributed by atoms with Crippen molar-refractivity contribution in [1.82, 2.24) is 4.57 Å². The zero-order chi connectivity index (χ0) is 13.7. The predicted molar refractivity (Wildman–Crippen MR) is 86.6 cm³/mol. The van der Waals surface area contributed by atoms with Crippen LogP contribution in [0.25, 0.3) is 11.1 Å². The number of nitrogens with zero attached hydrogens (tertiary/aromatic N) is 1. The number of aromatic nitrogens is 1. The summed E-state index contributed by atoms with van der Waals surface area (Å²) in [5, 5.41) is 0. The third-order valence-corrected chi connectivity index (χ3v) is 4.04. The van der Waals surface area contributed by atoms with Crippen molar-refractivity contribution in [3.05, 3.63) is 32.3 Å². The number of unbranched alkanes of at least 4 members (excludes halogenated alkanes) is 5. The van der Waals surface area contributed by atoms with E-state index >= 15 is 0 Å². The van der Waals surface area contributed by atoms with Gasteiger partial charge >= 0.3 is 5.76 Å². The van der Waals surface area contributed by atoms with E-state index in [0.717, 1.165) is 22.1 Å². The second kappa shape index (κ2) is 7.12. The second-order valence-corrected chi connectivity index (χ2v) is 6.15. The fourth-order valence-electron chi connectivity index (χ4n) is 2.30. The van der Waals surface area contributed by atoms with E-state index in [1.807, 2.05) is 18.2 Å². The van der Waals surface area contributed by atoms with Gasteiger partial charge in [-0.25, -0.2) is 4.79 Å². The molecule has 3 nitrogen and oxygen atoms in total. The highest BCUT2D eigenvalue weighted by molar-refractivity contribution is 14.1. The Kier molecular flexibility index (Phi) is 5.48. The molecule has 2 rings (SSSR count). The molecule has 0 saturated carbocycles. The van der Waals surface area contributed by atoms with E-state index in [1.54, 1.807) is 4.57 Å². The summed E-state index contributed by atoms with van der Waals surface area (Å²) in [6.07, 6.45) is 7.37. The van der Waals surface area contributed by atoms with Crippen LogP contribution in [-0.2, 0) is 6.54 Å². The number of fused-ring (bicyclic) bond motifs is 1.